The summed E-state index contributed by atoms with van der Waals surface area (Å²) in [6, 6.07) is 15.1. The molecule has 0 spiro atoms. The van der Waals surface area contributed by atoms with Gasteiger partial charge in [0.25, 0.3) is 0 Å². The van der Waals surface area contributed by atoms with E-state index >= 15 is 0 Å². The molecule has 1 unspecified atom stereocenters. The molecule has 0 aliphatic rings. The maximum absolute atomic E-state index is 13.8. The van der Waals surface area contributed by atoms with Crippen molar-refractivity contribution in [2.45, 2.75) is 37.7 Å². The van der Waals surface area contributed by atoms with E-state index in [4.69, 9.17) is 4.52 Å². The topological polar surface area (TPSA) is 69.6 Å². The summed E-state index contributed by atoms with van der Waals surface area (Å²) in [6.07, 6.45) is 0. The van der Waals surface area contributed by atoms with Gasteiger partial charge < -0.3 is 9.09 Å². The Kier molecular flexibility index (Phi) is 5.44. The summed E-state index contributed by atoms with van der Waals surface area (Å²) in [5.41, 5.74) is 2.34. The quantitative estimate of drug-likeness (QED) is 0.418. The fourth-order valence-electron chi connectivity index (χ4n) is 2.85. The SMILES string of the molecule is Cc1ccc(-c2noc(C(C)Sc3nnc(C)n3Cc3ccccc3)n2)cc1F. The monoisotopic (exact) mass is 409 g/mol. The molecule has 2 heterocycles. The van der Waals surface area contributed by atoms with Crippen LogP contribution in [0.25, 0.3) is 11.4 Å². The average molecular weight is 409 g/mol. The van der Waals surface area contributed by atoms with Crippen LogP contribution in [0.1, 0.15) is 35.0 Å². The van der Waals surface area contributed by atoms with Crippen molar-refractivity contribution in [3.05, 3.63) is 77.2 Å². The lowest BCUT2D eigenvalue weighted by Crippen LogP contribution is -2.04. The highest BCUT2D eigenvalue weighted by Gasteiger charge is 2.20. The fourth-order valence-corrected chi connectivity index (χ4v) is 3.78. The third-order valence-corrected chi connectivity index (χ3v) is 5.66. The van der Waals surface area contributed by atoms with Crippen molar-refractivity contribution < 1.29 is 8.91 Å². The average Bonchev–Trinajstić information content (AvgIpc) is 3.34. The highest BCUT2D eigenvalue weighted by Crippen LogP contribution is 2.34. The highest BCUT2D eigenvalue weighted by atomic mass is 32.2. The second kappa shape index (κ2) is 8.16. The second-order valence-electron chi connectivity index (χ2n) is 6.78. The molecule has 0 saturated carbocycles. The van der Waals surface area contributed by atoms with Crippen molar-refractivity contribution in [1.29, 1.82) is 0 Å². The van der Waals surface area contributed by atoms with E-state index in [2.05, 4.69) is 37.0 Å². The van der Waals surface area contributed by atoms with Gasteiger partial charge in [0, 0.05) is 5.56 Å². The van der Waals surface area contributed by atoms with Gasteiger partial charge >= 0.3 is 0 Å². The first-order valence-electron chi connectivity index (χ1n) is 9.22. The molecule has 29 heavy (non-hydrogen) atoms. The van der Waals surface area contributed by atoms with Crippen molar-refractivity contribution in [1.82, 2.24) is 24.9 Å². The van der Waals surface area contributed by atoms with Crippen LogP contribution in [0.15, 0.2) is 58.2 Å². The molecule has 6 nitrogen and oxygen atoms in total. The van der Waals surface area contributed by atoms with Gasteiger partial charge in [0.05, 0.1) is 11.8 Å². The lowest BCUT2D eigenvalue weighted by molar-refractivity contribution is 0.380. The zero-order chi connectivity index (χ0) is 20.4. The third-order valence-electron chi connectivity index (χ3n) is 4.59. The van der Waals surface area contributed by atoms with Crippen molar-refractivity contribution in [3.63, 3.8) is 0 Å². The van der Waals surface area contributed by atoms with Crippen LogP contribution in [0.2, 0.25) is 0 Å². The lowest BCUT2D eigenvalue weighted by Gasteiger charge is -2.10. The Labute approximate surface area is 172 Å². The summed E-state index contributed by atoms with van der Waals surface area (Å²) in [5, 5.41) is 13.2. The Balaban J connectivity index is 1.52. The molecule has 148 valence electrons. The first-order valence-corrected chi connectivity index (χ1v) is 10.1. The molecule has 0 amide bonds. The normalized spacial score (nSPS) is 12.3. The summed E-state index contributed by atoms with van der Waals surface area (Å²) in [7, 11) is 0. The third kappa shape index (κ3) is 4.22. The predicted molar refractivity (Wildman–Crippen MR) is 109 cm³/mol. The minimum Gasteiger partial charge on any atom is -0.338 e. The Morgan fingerprint density at radius 2 is 1.90 bits per heavy atom. The number of benzene rings is 2. The minimum absolute atomic E-state index is 0.135. The Hall–Kier alpha value is -3.00. The number of aromatic nitrogens is 5. The molecule has 0 radical (unpaired) electrons. The van der Waals surface area contributed by atoms with Crippen LogP contribution in [0.5, 0.6) is 0 Å². The summed E-state index contributed by atoms with van der Waals surface area (Å²) in [4.78, 5) is 4.45. The van der Waals surface area contributed by atoms with Gasteiger partial charge in [0.2, 0.25) is 11.7 Å². The zero-order valence-corrected chi connectivity index (χ0v) is 17.2. The van der Waals surface area contributed by atoms with Crippen molar-refractivity contribution in [2.75, 3.05) is 0 Å². The summed E-state index contributed by atoms with van der Waals surface area (Å²) < 4.78 is 21.3. The molecule has 4 aromatic rings. The Morgan fingerprint density at radius 3 is 2.66 bits per heavy atom. The van der Waals surface area contributed by atoms with Crippen LogP contribution >= 0.6 is 11.8 Å². The van der Waals surface area contributed by atoms with Crippen LogP contribution in [0.4, 0.5) is 4.39 Å². The van der Waals surface area contributed by atoms with Crippen LogP contribution in [0.3, 0.4) is 0 Å². The number of hydrogen-bond acceptors (Lipinski definition) is 6. The molecule has 0 aliphatic carbocycles. The standard InChI is InChI=1S/C21H20FN5OS/c1-13-9-10-17(11-18(13)22)19-23-20(28-26-19)14(2)29-21-25-24-15(3)27(21)12-16-7-5-4-6-8-16/h4-11,14H,12H2,1-3H3. The van der Waals surface area contributed by atoms with E-state index in [1.807, 2.05) is 32.0 Å². The summed E-state index contributed by atoms with van der Waals surface area (Å²) in [6.45, 7) is 6.30. The molecule has 0 bridgehead atoms. The number of thioether (sulfide) groups is 1. The number of nitrogens with zero attached hydrogens (tertiary/aromatic N) is 5. The van der Waals surface area contributed by atoms with E-state index in [9.17, 15) is 4.39 Å². The van der Waals surface area contributed by atoms with E-state index < -0.39 is 0 Å². The van der Waals surface area contributed by atoms with Gasteiger partial charge in [0.1, 0.15) is 11.6 Å². The summed E-state index contributed by atoms with van der Waals surface area (Å²) >= 11 is 1.50. The summed E-state index contributed by atoms with van der Waals surface area (Å²) in [5.74, 6) is 1.37. The molecule has 0 aliphatic heterocycles. The van der Waals surface area contributed by atoms with Crippen molar-refractivity contribution >= 4 is 11.8 Å². The van der Waals surface area contributed by atoms with Crippen LogP contribution in [-0.2, 0) is 6.54 Å². The van der Waals surface area contributed by atoms with Crippen LogP contribution < -0.4 is 0 Å². The van der Waals surface area contributed by atoms with Gasteiger partial charge in [-0.25, -0.2) is 4.39 Å². The minimum atomic E-state index is -0.291. The van der Waals surface area contributed by atoms with Gasteiger partial charge in [-0.15, -0.1) is 10.2 Å². The fraction of sp³-hybridized carbons (Fsp3) is 0.238. The molecule has 0 fully saturated rings. The molecule has 2 aromatic heterocycles. The molecular formula is C21H20FN5OS. The van der Waals surface area contributed by atoms with Crippen molar-refractivity contribution in [2.24, 2.45) is 0 Å². The maximum Gasteiger partial charge on any atom is 0.240 e. The number of aryl methyl sites for hydroxylation is 2. The number of hydrogen-bond donors (Lipinski definition) is 0. The van der Waals surface area contributed by atoms with Gasteiger partial charge in [-0.2, -0.15) is 4.98 Å². The molecule has 4 rings (SSSR count). The van der Waals surface area contributed by atoms with Crippen LogP contribution in [-0.4, -0.2) is 24.9 Å². The number of rotatable bonds is 6. The van der Waals surface area contributed by atoms with Crippen LogP contribution in [0, 0.1) is 19.7 Å². The van der Waals surface area contributed by atoms with Gasteiger partial charge in [0.15, 0.2) is 5.16 Å². The molecule has 0 N–H and O–H groups in total. The maximum atomic E-state index is 13.8. The smallest absolute Gasteiger partial charge is 0.240 e. The van der Waals surface area contributed by atoms with E-state index in [-0.39, 0.29) is 11.1 Å². The largest absolute Gasteiger partial charge is 0.338 e. The van der Waals surface area contributed by atoms with E-state index in [1.165, 1.54) is 23.4 Å². The van der Waals surface area contributed by atoms with E-state index in [0.717, 1.165) is 11.0 Å². The molecule has 1 atom stereocenters. The molecule has 2 aromatic carbocycles. The van der Waals surface area contributed by atoms with E-state index in [0.29, 0.717) is 29.4 Å². The van der Waals surface area contributed by atoms with E-state index in [1.54, 1.807) is 19.1 Å². The Morgan fingerprint density at radius 1 is 1.10 bits per heavy atom. The second-order valence-corrected chi connectivity index (χ2v) is 8.09. The molecule has 0 saturated heterocycles. The predicted octanol–water partition coefficient (Wildman–Crippen LogP) is 4.99. The first-order chi connectivity index (χ1) is 14.0. The Bertz CT molecular complexity index is 1130. The molecule has 8 heteroatoms. The number of halogens is 1. The van der Waals surface area contributed by atoms with Gasteiger partial charge in [-0.1, -0.05) is 59.4 Å². The first kappa shape index (κ1) is 19.3. The molecular weight excluding hydrogens is 389 g/mol. The van der Waals surface area contributed by atoms with Gasteiger partial charge in [-0.3, -0.25) is 0 Å². The van der Waals surface area contributed by atoms with Gasteiger partial charge in [-0.05, 0) is 38.0 Å². The van der Waals surface area contributed by atoms with Crippen molar-refractivity contribution in [3.8, 4) is 11.4 Å². The lowest BCUT2D eigenvalue weighted by atomic mass is 10.1. The zero-order valence-electron chi connectivity index (χ0n) is 16.3. The highest BCUT2D eigenvalue weighted by molar-refractivity contribution is 7.99.